The van der Waals surface area contributed by atoms with Crippen LogP contribution in [0.3, 0.4) is 0 Å². The molecule has 1 unspecified atom stereocenters. The third-order valence-electron chi connectivity index (χ3n) is 4.78. The lowest BCUT2D eigenvalue weighted by atomic mass is 10.0. The average Bonchev–Trinajstić information content (AvgIpc) is 3.17. The lowest BCUT2D eigenvalue weighted by Gasteiger charge is -2.13. The average molecular weight is 387 g/mol. The van der Waals surface area contributed by atoms with E-state index < -0.39 is 0 Å². The van der Waals surface area contributed by atoms with Gasteiger partial charge in [0.1, 0.15) is 0 Å². The second kappa shape index (κ2) is 8.10. The Morgan fingerprint density at radius 3 is 2.66 bits per heavy atom. The summed E-state index contributed by atoms with van der Waals surface area (Å²) in [5, 5.41) is 15.9. The Balaban J connectivity index is 1.34. The largest absolute Gasteiger partial charge is 0.347 e. The van der Waals surface area contributed by atoms with Gasteiger partial charge in [-0.1, -0.05) is 48.5 Å². The number of aromatic nitrogens is 3. The molecular weight excluding hydrogens is 366 g/mol. The van der Waals surface area contributed by atoms with E-state index >= 15 is 0 Å². The number of carbonyl (C=O) groups excluding carboxylic acids is 2. The molecule has 4 aromatic rings. The Labute approximate surface area is 167 Å². The molecule has 0 spiro atoms. The van der Waals surface area contributed by atoms with E-state index in [9.17, 15) is 9.59 Å². The summed E-state index contributed by atoms with van der Waals surface area (Å²) < 4.78 is 1.82. The highest BCUT2D eigenvalue weighted by atomic mass is 16.2. The zero-order valence-electron chi connectivity index (χ0n) is 16.0. The summed E-state index contributed by atoms with van der Waals surface area (Å²) in [4.78, 5) is 24.6. The van der Waals surface area contributed by atoms with Gasteiger partial charge >= 0.3 is 0 Å². The van der Waals surface area contributed by atoms with Crippen LogP contribution in [0.4, 0.5) is 0 Å². The molecule has 2 aromatic carbocycles. The van der Waals surface area contributed by atoms with Crippen molar-refractivity contribution in [2.45, 2.75) is 19.4 Å². The standard InChI is InChI=1S/C22H21N5O2/c1-15(22-26-25-19-11-4-5-12-27(19)22)24-21(29)14-23-20(28)13-17-9-6-8-16-7-2-3-10-18(16)17/h2-12,15H,13-14H2,1H3,(H,23,28)(H,24,29). The number of nitrogens with zero attached hydrogens (tertiary/aromatic N) is 3. The molecule has 0 saturated carbocycles. The van der Waals surface area contributed by atoms with Crippen molar-refractivity contribution >= 4 is 28.2 Å². The van der Waals surface area contributed by atoms with Gasteiger partial charge in [0, 0.05) is 6.20 Å². The van der Waals surface area contributed by atoms with E-state index in [0.717, 1.165) is 16.3 Å². The zero-order valence-corrected chi connectivity index (χ0v) is 16.0. The third-order valence-corrected chi connectivity index (χ3v) is 4.78. The van der Waals surface area contributed by atoms with Gasteiger partial charge in [-0.25, -0.2) is 0 Å². The third kappa shape index (κ3) is 4.08. The van der Waals surface area contributed by atoms with Gasteiger partial charge < -0.3 is 10.6 Å². The molecule has 0 aliphatic heterocycles. The normalized spacial score (nSPS) is 12.0. The molecule has 2 aromatic heterocycles. The number of fused-ring (bicyclic) bond motifs is 2. The van der Waals surface area contributed by atoms with E-state index in [1.54, 1.807) is 0 Å². The molecule has 0 radical (unpaired) electrons. The summed E-state index contributed by atoms with van der Waals surface area (Å²) in [5.74, 6) is 0.157. The second-order valence-corrected chi connectivity index (χ2v) is 6.87. The fourth-order valence-electron chi connectivity index (χ4n) is 3.37. The van der Waals surface area contributed by atoms with Crippen LogP contribution in [-0.2, 0) is 16.0 Å². The molecule has 146 valence electrons. The van der Waals surface area contributed by atoms with Crippen LogP contribution in [-0.4, -0.2) is 33.0 Å². The van der Waals surface area contributed by atoms with Gasteiger partial charge in [0.05, 0.1) is 19.0 Å². The molecule has 2 N–H and O–H groups in total. The summed E-state index contributed by atoms with van der Waals surface area (Å²) in [6.45, 7) is 1.74. The Morgan fingerprint density at radius 1 is 0.966 bits per heavy atom. The molecule has 0 aliphatic carbocycles. The van der Waals surface area contributed by atoms with E-state index in [1.807, 2.05) is 78.2 Å². The van der Waals surface area contributed by atoms with E-state index in [0.29, 0.717) is 11.5 Å². The maximum atomic E-state index is 12.3. The minimum atomic E-state index is -0.338. The van der Waals surface area contributed by atoms with Crippen LogP contribution in [0.15, 0.2) is 66.9 Å². The molecule has 2 amide bonds. The topological polar surface area (TPSA) is 88.4 Å². The van der Waals surface area contributed by atoms with Crippen LogP contribution < -0.4 is 10.6 Å². The fourth-order valence-corrected chi connectivity index (χ4v) is 3.37. The number of nitrogens with one attached hydrogen (secondary N) is 2. The minimum absolute atomic E-state index is 0.0926. The van der Waals surface area contributed by atoms with Crippen LogP contribution in [0.2, 0.25) is 0 Å². The summed E-state index contributed by atoms with van der Waals surface area (Å²) in [5.41, 5.74) is 1.65. The van der Waals surface area contributed by atoms with E-state index in [1.165, 1.54) is 0 Å². The lowest BCUT2D eigenvalue weighted by molar-refractivity contribution is -0.126. The highest BCUT2D eigenvalue weighted by Gasteiger charge is 2.16. The number of hydrogen-bond donors (Lipinski definition) is 2. The number of amides is 2. The van der Waals surface area contributed by atoms with Crippen molar-refractivity contribution in [2.75, 3.05) is 6.54 Å². The molecule has 7 nitrogen and oxygen atoms in total. The number of benzene rings is 2. The van der Waals surface area contributed by atoms with Gasteiger partial charge in [0.15, 0.2) is 11.5 Å². The minimum Gasteiger partial charge on any atom is -0.347 e. The molecular formula is C22H21N5O2. The Kier molecular flexibility index (Phi) is 5.20. The molecule has 2 heterocycles. The molecule has 4 rings (SSSR count). The summed E-state index contributed by atoms with van der Waals surface area (Å²) in [6, 6.07) is 19.1. The summed E-state index contributed by atoms with van der Waals surface area (Å²) in [6.07, 6.45) is 2.07. The Hall–Kier alpha value is -3.74. The van der Waals surface area contributed by atoms with Gasteiger partial charge in [0.25, 0.3) is 0 Å². The monoisotopic (exact) mass is 387 g/mol. The van der Waals surface area contributed by atoms with Crippen molar-refractivity contribution < 1.29 is 9.59 Å². The predicted octanol–water partition coefficient (Wildman–Crippen LogP) is 2.42. The van der Waals surface area contributed by atoms with Crippen LogP contribution in [0.5, 0.6) is 0 Å². The first-order valence-electron chi connectivity index (χ1n) is 9.44. The van der Waals surface area contributed by atoms with Crippen LogP contribution in [0.25, 0.3) is 16.4 Å². The maximum absolute atomic E-state index is 12.3. The quantitative estimate of drug-likeness (QED) is 0.532. The van der Waals surface area contributed by atoms with Crippen molar-refractivity contribution in [2.24, 2.45) is 0 Å². The Morgan fingerprint density at radius 2 is 1.76 bits per heavy atom. The number of pyridine rings is 1. The van der Waals surface area contributed by atoms with Gasteiger partial charge in [-0.3, -0.25) is 14.0 Å². The molecule has 1 atom stereocenters. The molecule has 0 saturated heterocycles. The van der Waals surface area contributed by atoms with Crippen molar-refractivity contribution in [3.8, 4) is 0 Å². The van der Waals surface area contributed by atoms with E-state index in [-0.39, 0.29) is 30.8 Å². The van der Waals surface area contributed by atoms with Gasteiger partial charge in [0.2, 0.25) is 11.8 Å². The molecule has 0 aliphatic rings. The van der Waals surface area contributed by atoms with E-state index in [4.69, 9.17) is 0 Å². The molecule has 0 fully saturated rings. The maximum Gasteiger partial charge on any atom is 0.239 e. The van der Waals surface area contributed by atoms with Gasteiger partial charge in [-0.05, 0) is 35.4 Å². The highest BCUT2D eigenvalue weighted by molar-refractivity contribution is 5.91. The van der Waals surface area contributed by atoms with E-state index in [2.05, 4.69) is 20.8 Å². The number of hydrogen-bond acceptors (Lipinski definition) is 4. The lowest BCUT2D eigenvalue weighted by Crippen LogP contribution is -2.39. The first kappa shape index (κ1) is 18.6. The molecule has 0 bridgehead atoms. The van der Waals surface area contributed by atoms with Crippen LogP contribution in [0, 0.1) is 0 Å². The summed E-state index contributed by atoms with van der Waals surface area (Å²) in [7, 11) is 0. The number of carbonyl (C=O) groups is 2. The SMILES string of the molecule is CC(NC(=O)CNC(=O)Cc1cccc2ccccc12)c1nnc2ccccn12. The van der Waals surface area contributed by atoms with Crippen molar-refractivity contribution in [3.63, 3.8) is 0 Å². The molecule has 7 heteroatoms. The predicted molar refractivity (Wildman–Crippen MR) is 110 cm³/mol. The first-order chi connectivity index (χ1) is 14.1. The van der Waals surface area contributed by atoms with Crippen LogP contribution >= 0.6 is 0 Å². The summed E-state index contributed by atoms with van der Waals surface area (Å²) >= 11 is 0. The smallest absolute Gasteiger partial charge is 0.239 e. The second-order valence-electron chi connectivity index (χ2n) is 6.87. The zero-order chi connectivity index (χ0) is 20.2. The fraction of sp³-hybridized carbons (Fsp3) is 0.182. The number of rotatable bonds is 6. The van der Waals surface area contributed by atoms with Crippen molar-refractivity contribution in [3.05, 3.63) is 78.2 Å². The first-order valence-corrected chi connectivity index (χ1v) is 9.44. The van der Waals surface area contributed by atoms with Gasteiger partial charge in [-0.15, -0.1) is 10.2 Å². The van der Waals surface area contributed by atoms with Crippen molar-refractivity contribution in [1.29, 1.82) is 0 Å². The van der Waals surface area contributed by atoms with Crippen LogP contribution in [0.1, 0.15) is 24.4 Å². The van der Waals surface area contributed by atoms with Gasteiger partial charge in [-0.2, -0.15) is 0 Å². The highest BCUT2D eigenvalue weighted by Crippen LogP contribution is 2.18. The molecule has 29 heavy (non-hydrogen) atoms. The van der Waals surface area contributed by atoms with Crippen molar-refractivity contribution in [1.82, 2.24) is 25.2 Å². The Bertz CT molecular complexity index is 1180.